The van der Waals surface area contributed by atoms with Crippen molar-refractivity contribution in [2.24, 2.45) is 0 Å². The van der Waals surface area contributed by atoms with Crippen molar-refractivity contribution in [3.05, 3.63) is 99.5 Å². The Morgan fingerprint density at radius 2 is 1.64 bits per heavy atom. The number of hydrogen-bond acceptors (Lipinski definition) is 4. The molecule has 3 aromatic rings. The van der Waals surface area contributed by atoms with Gasteiger partial charge in [-0.2, -0.15) is 0 Å². The molecule has 0 radical (unpaired) electrons. The molecule has 3 rings (SSSR count). The average Bonchev–Trinajstić information content (AvgIpc) is 2.72. The normalized spacial score (nSPS) is 10.5. The number of aromatic nitrogens is 1. The molecule has 0 unspecified atom stereocenters. The minimum atomic E-state index is -0.219. The average molecular weight is 375 g/mol. The molecule has 1 N–H and O–H groups in total. The van der Waals surface area contributed by atoms with E-state index in [0.29, 0.717) is 29.8 Å². The fourth-order valence-electron chi connectivity index (χ4n) is 2.78. The van der Waals surface area contributed by atoms with Crippen LogP contribution < -0.4 is 10.2 Å². The van der Waals surface area contributed by atoms with Gasteiger partial charge in [-0.3, -0.25) is 14.4 Å². The number of pyridine rings is 1. The Balaban J connectivity index is 1.57. The molecule has 28 heavy (non-hydrogen) atoms. The second-order valence-corrected chi connectivity index (χ2v) is 6.52. The highest BCUT2D eigenvalue weighted by molar-refractivity contribution is 5.98. The monoisotopic (exact) mass is 375 g/mol. The fourth-order valence-corrected chi connectivity index (χ4v) is 2.78. The second kappa shape index (κ2) is 8.95. The van der Waals surface area contributed by atoms with Crippen molar-refractivity contribution in [2.45, 2.75) is 26.4 Å². The zero-order valence-corrected chi connectivity index (χ0v) is 15.6. The summed E-state index contributed by atoms with van der Waals surface area (Å²) in [5.41, 5.74) is 2.56. The SMILES string of the molecule is CC(=O)c1ccc(C(=O)CCc2cc(=O)c(OCc3ccccc3)c[nH]2)cc1. The number of hydrogen-bond donors (Lipinski definition) is 1. The van der Waals surface area contributed by atoms with Gasteiger partial charge in [0.15, 0.2) is 17.3 Å². The number of Topliss-reactive ketones (excluding diaryl/α,β-unsaturated/α-hetero) is 2. The first-order valence-corrected chi connectivity index (χ1v) is 9.05. The van der Waals surface area contributed by atoms with Crippen LogP contribution in [0.15, 0.2) is 71.7 Å². The van der Waals surface area contributed by atoms with Gasteiger partial charge in [-0.15, -0.1) is 0 Å². The second-order valence-electron chi connectivity index (χ2n) is 6.52. The summed E-state index contributed by atoms with van der Waals surface area (Å²) in [7, 11) is 0. The Hall–Kier alpha value is -3.47. The maximum atomic E-state index is 12.3. The minimum Gasteiger partial charge on any atom is -0.483 e. The van der Waals surface area contributed by atoms with Crippen LogP contribution >= 0.6 is 0 Å². The number of aryl methyl sites for hydroxylation is 1. The lowest BCUT2D eigenvalue weighted by Gasteiger charge is -2.07. The molecule has 0 saturated heterocycles. The molecule has 0 spiro atoms. The molecule has 0 atom stereocenters. The summed E-state index contributed by atoms with van der Waals surface area (Å²) >= 11 is 0. The minimum absolute atomic E-state index is 0.0360. The Kier molecular flexibility index (Phi) is 6.17. The predicted octanol–water partition coefficient (Wildman–Crippen LogP) is 3.97. The van der Waals surface area contributed by atoms with Gasteiger partial charge in [-0.1, -0.05) is 54.6 Å². The van der Waals surface area contributed by atoms with Crippen LogP contribution in [0, 0.1) is 0 Å². The first kappa shape index (κ1) is 19.3. The van der Waals surface area contributed by atoms with E-state index in [4.69, 9.17) is 4.74 Å². The van der Waals surface area contributed by atoms with Crippen LogP contribution in [-0.2, 0) is 13.0 Å². The van der Waals surface area contributed by atoms with Crippen LogP contribution in [0.25, 0.3) is 0 Å². The summed E-state index contributed by atoms with van der Waals surface area (Å²) in [5.74, 6) is 0.172. The van der Waals surface area contributed by atoms with E-state index in [1.807, 2.05) is 30.3 Å². The summed E-state index contributed by atoms with van der Waals surface area (Å²) in [4.78, 5) is 38.8. The molecule has 0 amide bonds. The number of H-pyrrole nitrogens is 1. The van der Waals surface area contributed by atoms with Gasteiger partial charge in [-0.05, 0) is 18.9 Å². The number of ether oxygens (including phenoxy) is 1. The first-order chi connectivity index (χ1) is 13.5. The third kappa shape index (κ3) is 5.04. The number of aromatic amines is 1. The highest BCUT2D eigenvalue weighted by Gasteiger charge is 2.09. The molecule has 0 fully saturated rings. The van der Waals surface area contributed by atoms with Gasteiger partial charge < -0.3 is 9.72 Å². The molecule has 0 aliphatic carbocycles. The van der Waals surface area contributed by atoms with Crippen LogP contribution in [0.2, 0.25) is 0 Å². The topological polar surface area (TPSA) is 76.2 Å². The van der Waals surface area contributed by atoms with E-state index in [0.717, 1.165) is 5.56 Å². The number of ketones is 2. The van der Waals surface area contributed by atoms with Gasteiger partial charge in [0.25, 0.3) is 0 Å². The lowest BCUT2D eigenvalue weighted by Crippen LogP contribution is -2.10. The number of benzene rings is 2. The fraction of sp³-hybridized carbons (Fsp3) is 0.174. The van der Waals surface area contributed by atoms with Crippen molar-refractivity contribution >= 4 is 11.6 Å². The van der Waals surface area contributed by atoms with E-state index in [1.54, 1.807) is 24.3 Å². The molecule has 0 aliphatic rings. The lowest BCUT2D eigenvalue weighted by molar-refractivity contribution is 0.0978. The molecular weight excluding hydrogens is 354 g/mol. The van der Waals surface area contributed by atoms with Crippen LogP contribution in [0.5, 0.6) is 5.75 Å². The molecule has 0 aliphatic heterocycles. The quantitative estimate of drug-likeness (QED) is 0.605. The van der Waals surface area contributed by atoms with Crippen LogP contribution in [0.1, 0.15) is 45.3 Å². The zero-order valence-electron chi connectivity index (χ0n) is 15.6. The lowest BCUT2D eigenvalue weighted by atomic mass is 10.0. The van der Waals surface area contributed by atoms with Crippen LogP contribution in [0.4, 0.5) is 0 Å². The molecule has 0 bridgehead atoms. The van der Waals surface area contributed by atoms with E-state index in [-0.39, 0.29) is 29.2 Å². The van der Waals surface area contributed by atoms with Gasteiger partial charge in [0, 0.05) is 35.5 Å². The Morgan fingerprint density at radius 1 is 0.964 bits per heavy atom. The van der Waals surface area contributed by atoms with Gasteiger partial charge in [0.1, 0.15) is 6.61 Å². The predicted molar refractivity (Wildman–Crippen MR) is 107 cm³/mol. The molecule has 1 aromatic heterocycles. The maximum Gasteiger partial charge on any atom is 0.223 e. The van der Waals surface area contributed by atoms with E-state index < -0.39 is 0 Å². The first-order valence-electron chi connectivity index (χ1n) is 9.05. The van der Waals surface area contributed by atoms with Crippen molar-refractivity contribution in [1.29, 1.82) is 0 Å². The largest absolute Gasteiger partial charge is 0.483 e. The highest BCUT2D eigenvalue weighted by Crippen LogP contribution is 2.11. The van der Waals surface area contributed by atoms with Gasteiger partial charge in [-0.25, -0.2) is 0 Å². The summed E-state index contributed by atoms with van der Waals surface area (Å²) in [6, 6.07) is 17.7. The Labute approximate surface area is 163 Å². The molecule has 142 valence electrons. The smallest absolute Gasteiger partial charge is 0.223 e. The van der Waals surface area contributed by atoms with E-state index in [9.17, 15) is 14.4 Å². The van der Waals surface area contributed by atoms with Gasteiger partial charge >= 0.3 is 0 Å². The molecule has 0 saturated carbocycles. The molecule has 5 heteroatoms. The third-order valence-corrected chi connectivity index (χ3v) is 4.41. The standard InChI is InChI=1S/C23H21NO4/c1-16(25)18-7-9-19(10-8-18)21(26)12-11-20-13-22(27)23(14-24-20)28-15-17-5-3-2-4-6-17/h2-10,13-14H,11-12,15H2,1H3,(H,24,27). The van der Waals surface area contributed by atoms with E-state index in [2.05, 4.69) is 4.98 Å². The molecular formula is C23H21NO4. The summed E-state index contributed by atoms with van der Waals surface area (Å²) in [6.07, 6.45) is 2.22. The van der Waals surface area contributed by atoms with Crippen molar-refractivity contribution in [1.82, 2.24) is 4.98 Å². The Bertz CT molecular complexity index is 1020. The number of carbonyl (C=O) groups is 2. The van der Waals surface area contributed by atoms with Gasteiger partial charge in [0.05, 0.1) is 0 Å². The maximum absolute atomic E-state index is 12.3. The van der Waals surface area contributed by atoms with Crippen molar-refractivity contribution in [2.75, 3.05) is 0 Å². The molecule has 5 nitrogen and oxygen atoms in total. The number of rotatable bonds is 8. The van der Waals surface area contributed by atoms with E-state index >= 15 is 0 Å². The summed E-state index contributed by atoms with van der Waals surface area (Å²) in [5, 5.41) is 0. The van der Waals surface area contributed by atoms with Crippen molar-refractivity contribution in [3.63, 3.8) is 0 Å². The van der Waals surface area contributed by atoms with Gasteiger partial charge in [0.2, 0.25) is 5.43 Å². The van der Waals surface area contributed by atoms with Crippen LogP contribution in [-0.4, -0.2) is 16.6 Å². The highest BCUT2D eigenvalue weighted by atomic mass is 16.5. The zero-order chi connectivity index (χ0) is 19.9. The van der Waals surface area contributed by atoms with Crippen molar-refractivity contribution in [3.8, 4) is 5.75 Å². The summed E-state index contributed by atoms with van der Waals surface area (Å²) < 4.78 is 5.57. The van der Waals surface area contributed by atoms with E-state index in [1.165, 1.54) is 19.2 Å². The number of carbonyl (C=O) groups excluding carboxylic acids is 2. The Morgan fingerprint density at radius 3 is 2.29 bits per heavy atom. The van der Waals surface area contributed by atoms with Crippen molar-refractivity contribution < 1.29 is 14.3 Å². The summed E-state index contributed by atoms with van der Waals surface area (Å²) in [6.45, 7) is 1.80. The number of nitrogens with one attached hydrogen (secondary N) is 1. The molecule has 2 aromatic carbocycles. The molecule has 1 heterocycles. The van der Waals surface area contributed by atoms with Crippen LogP contribution in [0.3, 0.4) is 0 Å². The third-order valence-electron chi connectivity index (χ3n) is 4.41.